The molecule has 1 amide bonds. The smallest absolute Gasteiger partial charge is 0.275 e. The molecule has 0 aliphatic carbocycles. The first-order valence-corrected chi connectivity index (χ1v) is 7.89. The third-order valence-electron chi connectivity index (χ3n) is 2.82. The first kappa shape index (κ1) is 22.6. The largest absolute Gasteiger partial charge is 0.381 e. The lowest BCUT2D eigenvalue weighted by atomic mass is 10.2. The number of aromatic nitrogens is 1. The van der Waals surface area contributed by atoms with E-state index in [9.17, 15) is 9.18 Å². The molecule has 1 aromatic carbocycles. The van der Waals surface area contributed by atoms with Crippen LogP contribution < -0.4 is 16.4 Å². The van der Waals surface area contributed by atoms with Gasteiger partial charge < -0.3 is 16.4 Å². The van der Waals surface area contributed by atoms with E-state index in [0.717, 1.165) is 5.01 Å². The quantitative estimate of drug-likeness (QED) is 0.697. The summed E-state index contributed by atoms with van der Waals surface area (Å²) in [4.78, 5) is 16.5. The zero-order chi connectivity index (χ0) is 16.1. The van der Waals surface area contributed by atoms with Crippen LogP contribution in [0.25, 0.3) is 0 Å². The number of halogens is 3. The number of nitrogens with two attached hydrogens (primary N) is 1. The van der Waals surface area contributed by atoms with Crippen LogP contribution in [0.2, 0.25) is 0 Å². The number of amides is 1. The average Bonchev–Trinajstić information content (AvgIpc) is 2.90. The molecule has 0 saturated heterocycles. The van der Waals surface area contributed by atoms with Gasteiger partial charge in [-0.05, 0) is 38.6 Å². The number of hydrogen-bond acceptors (Lipinski definition) is 5. The highest BCUT2D eigenvalue weighted by Crippen LogP contribution is 2.24. The van der Waals surface area contributed by atoms with E-state index in [2.05, 4.69) is 15.6 Å². The summed E-state index contributed by atoms with van der Waals surface area (Å²) in [6.45, 7) is 4.42. The van der Waals surface area contributed by atoms with Crippen LogP contribution in [0, 0.1) is 5.82 Å². The molecule has 9 heteroatoms. The second kappa shape index (κ2) is 10.5. The zero-order valence-corrected chi connectivity index (χ0v) is 15.8. The van der Waals surface area contributed by atoms with Gasteiger partial charge in [0.05, 0.1) is 16.4 Å². The van der Waals surface area contributed by atoms with Gasteiger partial charge >= 0.3 is 0 Å². The minimum absolute atomic E-state index is 0. The predicted molar refractivity (Wildman–Crippen MR) is 102 cm³/mol. The summed E-state index contributed by atoms with van der Waals surface area (Å²) in [6, 6.07) is 4.40. The van der Waals surface area contributed by atoms with Gasteiger partial charge in [-0.15, -0.1) is 36.2 Å². The fraction of sp³-hybridized carbons (Fsp3) is 0.333. The number of rotatable bonds is 6. The Morgan fingerprint density at radius 1 is 1.33 bits per heavy atom. The third kappa shape index (κ3) is 6.24. The van der Waals surface area contributed by atoms with Gasteiger partial charge in [0.2, 0.25) is 0 Å². The highest BCUT2D eigenvalue weighted by atomic mass is 35.5. The first-order valence-electron chi connectivity index (χ1n) is 7.01. The van der Waals surface area contributed by atoms with Gasteiger partial charge in [0.15, 0.2) is 0 Å². The van der Waals surface area contributed by atoms with Crippen molar-refractivity contribution in [2.75, 3.05) is 17.2 Å². The van der Waals surface area contributed by atoms with Crippen molar-refractivity contribution in [2.24, 2.45) is 5.73 Å². The standard InChI is InChI=1S/C15H19FN4OS.2ClH/c1-9(2)18-11-4-3-10(16)7-12(11)20-15(21)13-8-22-14(19-13)5-6-17;;/h3-4,7-9,18H,5-6,17H2,1-2H3,(H,20,21);2*1H. The first-order chi connectivity index (χ1) is 10.5. The molecule has 4 N–H and O–H groups in total. The number of anilines is 2. The van der Waals surface area contributed by atoms with Crippen LogP contribution in [0.4, 0.5) is 15.8 Å². The summed E-state index contributed by atoms with van der Waals surface area (Å²) in [5, 5.41) is 8.36. The lowest BCUT2D eigenvalue weighted by Crippen LogP contribution is -2.17. The van der Waals surface area contributed by atoms with E-state index in [4.69, 9.17) is 5.73 Å². The normalized spacial score (nSPS) is 9.88. The summed E-state index contributed by atoms with van der Waals surface area (Å²) >= 11 is 1.39. The molecule has 24 heavy (non-hydrogen) atoms. The maximum absolute atomic E-state index is 13.4. The van der Waals surface area contributed by atoms with Crippen LogP contribution >= 0.6 is 36.2 Å². The van der Waals surface area contributed by atoms with E-state index in [-0.39, 0.29) is 36.8 Å². The summed E-state index contributed by atoms with van der Waals surface area (Å²) in [5.41, 5.74) is 6.85. The van der Waals surface area contributed by atoms with Crippen molar-refractivity contribution in [1.29, 1.82) is 0 Å². The molecule has 0 aliphatic rings. The van der Waals surface area contributed by atoms with E-state index < -0.39 is 5.82 Å². The molecule has 5 nitrogen and oxygen atoms in total. The summed E-state index contributed by atoms with van der Waals surface area (Å²) in [6.07, 6.45) is 0.637. The molecule has 134 valence electrons. The maximum atomic E-state index is 13.4. The van der Waals surface area contributed by atoms with Gasteiger partial charge in [0.25, 0.3) is 5.91 Å². The van der Waals surface area contributed by atoms with E-state index in [1.807, 2.05) is 13.8 Å². The van der Waals surface area contributed by atoms with Crippen LogP contribution in [0.15, 0.2) is 23.6 Å². The molecule has 1 aromatic heterocycles. The molecule has 0 atom stereocenters. The Hall–Kier alpha value is -1.41. The maximum Gasteiger partial charge on any atom is 0.275 e. The molecule has 0 spiro atoms. The van der Waals surface area contributed by atoms with Crippen molar-refractivity contribution in [1.82, 2.24) is 4.98 Å². The number of thiazole rings is 1. The number of carbonyl (C=O) groups excluding carboxylic acids is 1. The van der Waals surface area contributed by atoms with Crippen molar-refractivity contribution >= 4 is 53.4 Å². The Bertz CT molecular complexity index is 667. The van der Waals surface area contributed by atoms with Gasteiger partial charge in [-0.2, -0.15) is 0 Å². The molecule has 0 unspecified atom stereocenters. The van der Waals surface area contributed by atoms with Gasteiger partial charge in [0, 0.05) is 17.8 Å². The number of benzene rings is 1. The van der Waals surface area contributed by atoms with Gasteiger partial charge in [-0.3, -0.25) is 4.79 Å². The molecular weight excluding hydrogens is 374 g/mol. The average molecular weight is 395 g/mol. The Balaban J connectivity index is 0.00000264. The van der Waals surface area contributed by atoms with Crippen molar-refractivity contribution in [3.05, 3.63) is 40.1 Å². The Morgan fingerprint density at radius 3 is 2.67 bits per heavy atom. The lowest BCUT2D eigenvalue weighted by molar-refractivity contribution is 0.102. The van der Waals surface area contributed by atoms with Gasteiger partial charge in [0.1, 0.15) is 11.5 Å². The Labute approximate surface area is 157 Å². The topological polar surface area (TPSA) is 80.0 Å². The molecule has 0 saturated carbocycles. The van der Waals surface area contributed by atoms with Crippen LogP contribution in [0.3, 0.4) is 0 Å². The van der Waals surface area contributed by atoms with Crippen molar-refractivity contribution < 1.29 is 9.18 Å². The summed E-state index contributed by atoms with van der Waals surface area (Å²) in [5.74, 6) is -0.774. The number of carbonyl (C=O) groups is 1. The Kier molecular flexibility index (Phi) is 9.84. The number of nitrogens with zero attached hydrogens (tertiary/aromatic N) is 1. The van der Waals surface area contributed by atoms with Crippen LogP contribution in [-0.2, 0) is 6.42 Å². The third-order valence-corrected chi connectivity index (χ3v) is 3.73. The van der Waals surface area contributed by atoms with Gasteiger partial charge in [-0.1, -0.05) is 0 Å². The van der Waals surface area contributed by atoms with Crippen molar-refractivity contribution in [2.45, 2.75) is 26.3 Å². The van der Waals surface area contributed by atoms with E-state index in [1.165, 1.54) is 23.5 Å². The molecular formula is C15H21Cl2FN4OS. The zero-order valence-electron chi connectivity index (χ0n) is 13.3. The molecule has 0 bridgehead atoms. The summed E-state index contributed by atoms with van der Waals surface area (Å²) in [7, 11) is 0. The molecule has 1 heterocycles. The second-order valence-electron chi connectivity index (χ2n) is 5.11. The van der Waals surface area contributed by atoms with E-state index >= 15 is 0 Å². The highest BCUT2D eigenvalue weighted by molar-refractivity contribution is 7.09. The lowest BCUT2D eigenvalue weighted by Gasteiger charge is -2.15. The molecule has 0 aliphatic heterocycles. The number of hydrogen-bond donors (Lipinski definition) is 3. The fourth-order valence-electron chi connectivity index (χ4n) is 1.90. The van der Waals surface area contributed by atoms with Crippen molar-refractivity contribution in [3.8, 4) is 0 Å². The SMILES string of the molecule is CC(C)Nc1ccc(F)cc1NC(=O)c1csc(CCN)n1.Cl.Cl. The molecule has 2 rings (SSSR count). The number of nitrogens with one attached hydrogen (secondary N) is 2. The minimum Gasteiger partial charge on any atom is -0.381 e. The van der Waals surface area contributed by atoms with Crippen LogP contribution in [0.1, 0.15) is 29.3 Å². The minimum atomic E-state index is -0.410. The predicted octanol–water partition coefficient (Wildman–Crippen LogP) is 3.70. The second-order valence-corrected chi connectivity index (χ2v) is 6.05. The monoisotopic (exact) mass is 394 g/mol. The Morgan fingerprint density at radius 2 is 2.04 bits per heavy atom. The summed E-state index contributed by atoms with van der Waals surface area (Å²) < 4.78 is 13.4. The van der Waals surface area contributed by atoms with Crippen LogP contribution in [-0.4, -0.2) is 23.5 Å². The molecule has 0 radical (unpaired) electrons. The molecule has 2 aromatic rings. The van der Waals surface area contributed by atoms with E-state index in [0.29, 0.717) is 30.0 Å². The van der Waals surface area contributed by atoms with Crippen molar-refractivity contribution in [3.63, 3.8) is 0 Å². The van der Waals surface area contributed by atoms with Crippen LogP contribution in [0.5, 0.6) is 0 Å². The fourth-order valence-corrected chi connectivity index (χ4v) is 2.69. The van der Waals surface area contributed by atoms with E-state index in [1.54, 1.807) is 11.4 Å². The molecule has 0 fully saturated rings. The highest BCUT2D eigenvalue weighted by Gasteiger charge is 2.14. The van der Waals surface area contributed by atoms with Gasteiger partial charge in [-0.25, -0.2) is 9.37 Å².